The van der Waals surface area contributed by atoms with E-state index >= 15 is 0 Å². The van der Waals surface area contributed by atoms with Crippen LogP contribution in [0.15, 0.2) is 24.3 Å². The second-order valence-corrected chi connectivity index (χ2v) is 5.60. The molecule has 1 amide bonds. The Hall–Kier alpha value is -1.55. The average Bonchev–Trinajstić information content (AvgIpc) is 2.54. The van der Waals surface area contributed by atoms with E-state index in [1.165, 1.54) is 12.8 Å². The van der Waals surface area contributed by atoms with Gasteiger partial charge in [0.25, 0.3) is 0 Å². The summed E-state index contributed by atoms with van der Waals surface area (Å²) < 4.78 is 5.13. The number of ether oxygens (including phenoxy) is 1. The van der Waals surface area contributed by atoms with E-state index in [1.54, 1.807) is 7.11 Å². The van der Waals surface area contributed by atoms with Gasteiger partial charge in [0, 0.05) is 26.2 Å². The van der Waals surface area contributed by atoms with Gasteiger partial charge in [-0.25, -0.2) is 0 Å². The molecular formula is C17H26N2O2. The molecule has 1 saturated heterocycles. The van der Waals surface area contributed by atoms with Crippen LogP contribution >= 0.6 is 0 Å². The van der Waals surface area contributed by atoms with Gasteiger partial charge in [-0.2, -0.15) is 0 Å². The monoisotopic (exact) mass is 290 g/mol. The zero-order valence-electron chi connectivity index (χ0n) is 13.2. The van der Waals surface area contributed by atoms with Crippen molar-refractivity contribution in [3.8, 4) is 5.75 Å². The van der Waals surface area contributed by atoms with Crippen molar-refractivity contribution in [1.82, 2.24) is 9.80 Å². The Morgan fingerprint density at radius 1 is 1.14 bits per heavy atom. The Morgan fingerprint density at radius 3 is 2.38 bits per heavy atom. The minimum Gasteiger partial charge on any atom is -0.497 e. The Bertz CT molecular complexity index is 437. The van der Waals surface area contributed by atoms with E-state index < -0.39 is 0 Å². The predicted molar refractivity (Wildman–Crippen MR) is 84.6 cm³/mol. The molecule has 0 saturated carbocycles. The van der Waals surface area contributed by atoms with Crippen molar-refractivity contribution in [3.05, 3.63) is 29.8 Å². The van der Waals surface area contributed by atoms with E-state index in [0.717, 1.165) is 44.0 Å². The third-order valence-corrected chi connectivity index (χ3v) is 4.07. The maximum atomic E-state index is 12.3. The van der Waals surface area contributed by atoms with E-state index in [2.05, 4.69) is 11.8 Å². The fourth-order valence-corrected chi connectivity index (χ4v) is 2.63. The maximum absolute atomic E-state index is 12.3. The van der Waals surface area contributed by atoms with Crippen LogP contribution in [-0.2, 0) is 11.2 Å². The Labute approximate surface area is 127 Å². The molecule has 1 heterocycles. The van der Waals surface area contributed by atoms with Gasteiger partial charge >= 0.3 is 0 Å². The molecule has 4 nitrogen and oxygen atoms in total. The normalized spacial score (nSPS) is 16.0. The number of rotatable bonds is 6. The molecule has 0 unspecified atom stereocenters. The zero-order chi connectivity index (χ0) is 15.1. The first-order valence-electron chi connectivity index (χ1n) is 7.86. The van der Waals surface area contributed by atoms with Crippen molar-refractivity contribution in [3.63, 3.8) is 0 Å². The van der Waals surface area contributed by atoms with Crippen molar-refractivity contribution >= 4 is 5.91 Å². The van der Waals surface area contributed by atoms with E-state index in [9.17, 15) is 4.79 Å². The summed E-state index contributed by atoms with van der Waals surface area (Å²) in [5, 5.41) is 0. The maximum Gasteiger partial charge on any atom is 0.227 e. The molecule has 1 aliphatic rings. The molecule has 0 aliphatic carbocycles. The molecule has 0 atom stereocenters. The molecule has 0 bridgehead atoms. The lowest BCUT2D eigenvalue weighted by Gasteiger charge is -2.34. The van der Waals surface area contributed by atoms with Crippen LogP contribution in [0, 0.1) is 0 Å². The van der Waals surface area contributed by atoms with Crippen LogP contribution in [0.25, 0.3) is 0 Å². The molecule has 1 fully saturated rings. The fraction of sp³-hybridized carbons (Fsp3) is 0.588. The molecule has 1 aliphatic heterocycles. The van der Waals surface area contributed by atoms with E-state index in [1.807, 2.05) is 29.2 Å². The minimum atomic E-state index is 0.232. The molecule has 0 spiro atoms. The number of benzene rings is 1. The van der Waals surface area contributed by atoms with E-state index in [0.29, 0.717) is 6.42 Å². The highest BCUT2D eigenvalue weighted by Crippen LogP contribution is 2.13. The van der Waals surface area contributed by atoms with Gasteiger partial charge in [0.15, 0.2) is 0 Å². The second-order valence-electron chi connectivity index (χ2n) is 5.60. The zero-order valence-corrected chi connectivity index (χ0v) is 13.2. The largest absolute Gasteiger partial charge is 0.497 e. The molecule has 0 radical (unpaired) electrons. The smallest absolute Gasteiger partial charge is 0.227 e. The first kappa shape index (κ1) is 15.8. The van der Waals surface area contributed by atoms with Gasteiger partial charge in [0.1, 0.15) is 5.75 Å². The Morgan fingerprint density at radius 2 is 1.81 bits per heavy atom. The number of hydrogen-bond acceptors (Lipinski definition) is 3. The van der Waals surface area contributed by atoms with E-state index in [-0.39, 0.29) is 5.91 Å². The van der Waals surface area contributed by atoms with Crippen molar-refractivity contribution in [2.75, 3.05) is 39.8 Å². The Kier molecular flexibility index (Phi) is 6.05. The van der Waals surface area contributed by atoms with E-state index in [4.69, 9.17) is 4.74 Å². The van der Waals surface area contributed by atoms with Crippen molar-refractivity contribution in [2.24, 2.45) is 0 Å². The number of hydrogen-bond donors (Lipinski definition) is 0. The van der Waals surface area contributed by atoms with Gasteiger partial charge in [-0.3, -0.25) is 9.69 Å². The predicted octanol–water partition coefficient (Wildman–Crippen LogP) is 2.18. The van der Waals surface area contributed by atoms with Crippen LogP contribution in [0.4, 0.5) is 0 Å². The molecule has 0 N–H and O–H groups in total. The Balaban J connectivity index is 1.78. The summed E-state index contributed by atoms with van der Waals surface area (Å²) >= 11 is 0. The first-order chi connectivity index (χ1) is 10.2. The lowest BCUT2D eigenvalue weighted by atomic mass is 10.1. The molecular weight excluding hydrogens is 264 g/mol. The van der Waals surface area contributed by atoms with Gasteiger partial charge in [-0.15, -0.1) is 0 Å². The van der Waals surface area contributed by atoms with Crippen LogP contribution in [0.5, 0.6) is 5.75 Å². The van der Waals surface area contributed by atoms with Crippen molar-refractivity contribution in [1.29, 1.82) is 0 Å². The molecule has 21 heavy (non-hydrogen) atoms. The van der Waals surface area contributed by atoms with Crippen molar-refractivity contribution in [2.45, 2.75) is 26.2 Å². The molecule has 1 aromatic carbocycles. The molecule has 2 rings (SSSR count). The lowest BCUT2D eigenvalue weighted by molar-refractivity contribution is -0.132. The second kappa shape index (κ2) is 8.03. The van der Waals surface area contributed by atoms with Crippen LogP contribution in [-0.4, -0.2) is 55.5 Å². The van der Waals surface area contributed by atoms with Gasteiger partial charge in [-0.05, 0) is 30.7 Å². The van der Waals surface area contributed by atoms with Gasteiger partial charge in [0.2, 0.25) is 5.91 Å². The summed E-state index contributed by atoms with van der Waals surface area (Å²) in [7, 11) is 1.65. The number of piperazine rings is 1. The van der Waals surface area contributed by atoms with Crippen molar-refractivity contribution < 1.29 is 9.53 Å². The summed E-state index contributed by atoms with van der Waals surface area (Å²) in [6, 6.07) is 7.75. The topological polar surface area (TPSA) is 32.8 Å². The first-order valence-corrected chi connectivity index (χ1v) is 7.86. The number of carbonyl (C=O) groups excluding carboxylic acids is 1. The third-order valence-electron chi connectivity index (χ3n) is 4.07. The number of amides is 1. The lowest BCUT2D eigenvalue weighted by Crippen LogP contribution is -2.49. The highest BCUT2D eigenvalue weighted by atomic mass is 16.5. The number of carbonyl (C=O) groups is 1. The van der Waals surface area contributed by atoms with Crippen LogP contribution < -0.4 is 4.74 Å². The highest BCUT2D eigenvalue weighted by molar-refractivity contribution is 5.78. The summed E-state index contributed by atoms with van der Waals surface area (Å²) in [4.78, 5) is 16.8. The van der Waals surface area contributed by atoms with Gasteiger partial charge < -0.3 is 9.64 Å². The summed E-state index contributed by atoms with van der Waals surface area (Å²) in [6.45, 7) is 7.12. The third kappa shape index (κ3) is 4.74. The number of unbranched alkanes of at least 4 members (excludes halogenated alkanes) is 1. The summed E-state index contributed by atoms with van der Waals surface area (Å²) in [5.41, 5.74) is 1.05. The summed E-state index contributed by atoms with van der Waals surface area (Å²) in [6.07, 6.45) is 2.97. The van der Waals surface area contributed by atoms with Crippen LogP contribution in [0.2, 0.25) is 0 Å². The van der Waals surface area contributed by atoms with Gasteiger partial charge in [-0.1, -0.05) is 25.5 Å². The average molecular weight is 290 g/mol. The molecule has 116 valence electrons. The van der Waals surface area contributed by atoms with Crippen LogP contribution in [0.3, 0.4) is 0 Å². The van der Waals surface area contributed by atoms with Crippen LogP contribution in [0.1, 0.15) is 25.3 Å². The number of nitrogens with zero attached hydrogens (tertiary/aromatic N) is 2. The van der Waals surface area contributed by atoms with Gasteiger partial charge in [0.05, 0.1) is 13.5 Å². The summed E-state index contributed by atoms with van der Waals surface area (Å²) in [5.74, 6) is 1.06. The molecule has 0 aromatic heterocycles. The standard InChI is InChI=1S/C17H26N2O2/c1-3-4-9-18-10-12-19(13-11-18)17(20)14-15-5-7-16(21-2)8-6-15/h5-8H,3-4,9-14H2,1-2H3. The quantitative estimate of drug-likeness (QED) is 0.805. The minimum absolute atomic E-state index is 0.232. The molecule has 1 aromatic rings. The highest BCUT2D eigenvalue weighted by Gasteiger charge is 2.20. The fourth-order valence-electron chi connectivity index (χ4n) is 2.63. The molecule has 4 heteroatoms. The SMILES string of the molecule is CCCCN1CCN(C(=O)Cc2ccc(OC)cc2)CC1. The number of methoxy groups -OCH3 is 1.